The lowest BCUT2D eigenvalue weighted by Crippen LogP contribution is -2.42. The first-order valence-electron chi connectivity index (χ1n) is 10.6. The fourth-order valence-electron chi connectivity index (χ4n) is 2.89. The molecule has 1 amide bonds. The molecule has 163 valence electrons. The van der Waals surface area contributed by atoms with Crippen LogP contribution in [0.3, 0.4) is 0 Å². The number of rotatable bonds is 14. The largest absolute Gasteiger partial charge is 0.355 e. The quantitative estimate of drug-likeness (QED) is 0.129. The molecule has 1 aromatic carbocycles. The molecule has 30 heavy (non-hydrogen) atoms. The van der Waals surface area contributed by atoms with E-state index in [4.69, 9.17) is 16.7 Å². The van der Waals surface area contributed by atoms with E-state index in [1.807, 2.05) is 31.1 Å². The van der Waals surface area contributed by atoms with Crippen molar-refractivity contribution >= 4 is 19.1 Å². The summed E-state index contributed by atoms with van der Waals surface area (Å²) < 4.78 is 0. The number of carbonyl (C=O) groups excluding carboxylic acids is 1. The molecule has 7 N–H and O–H groups in total. The maximum Gasteiger partial charge on any atom is 0.267 e. The normalized spacial score (nSPS) is 12.2. The zero-order valence-electron chi connectivity index (χ0n) is 17.9. The minimum Gasteiger partial charge on any atom is -0.355 e. The molecule has 1 rings (SSSR count). The Labute approximate surface area is 181 Å². The van der Waals surface area contributed by atoms with Crippen molar-refractivity contribution in [3.63, 3.8) is 0 Å². The second kappa shape index (κ2) is 16.3. The second-order valence-corrected chi connectivity index (χ2v) is 7.14. The second-order valence-electron chi connectivity index (χ2n) is 7.14. The third kappa shape index (κ3) is 11.4. The van der Waals surface area contributed by atoms with Gasteiger partial charge in [-0.1, -0.05) is 30.3 Å². The number of nitrogens with one attached hydrogen (secondary N) is 3. The Bertz CT molecular complexity index is 653. The lowest BCUT2D eigenvalue weighted by molar-refractivity contribution is -0.121. The van der Waals surface area contributed by atoms with Crippen molar-refractivity contribution in [1.82, 2.24) is 16.0 Å². The van der Waals surface area contributed by atoms with Gasteiger partial charge in [-0.3, -0.25) is 9.79 Å². The summed E-state index contributed by atoms with van der Waals surface area (Å²) in [4.78, 5) is 17.1. The van der Waals surface area contributed by atoms with Gasteiger partial charge in [-0.05, 0) is 44.1 Å². The van der Waals surface area contributed by atoms with Gasteiger partial charge in [0.05, 0.1) is 0 Å². The van der Waals surface area contributed by atoms with E-state index in [-0.39, 0.29) is 11.9 Å². The first-order chi connectivity index (χ1) is 14.6. The fraction of sp³-hybridized carbons (Fsp3) is 0.571. The van der Waals surface area contributed by atoms with E-state index in [2.05, 4.69) is 33.1 Å². The van der Waals surface area contributed by atoms with Crippen molar-refractivity contribution in [3.8, 4) is 5.97 Å². The molecule has 0 bridgehead atoms. The fourth-order valence-corrected chi connectivity index (χ4v) is 2.89. The molecule has 0 heterocycles. The van der Waals surface area contributed by atoms with Crippen molar-refractivity contribution in [2.45, 2.75) is 44.5 Å². The average molecular weight is 412 g/mol. The van der Waals surface area contributed by atoms with Gasteiger partial charge >= 0.3 is 0 Å². The van der Waals surface area contributed by atoms with E-state index in [1.165, 1.54) is 12.8 Å². The molecule has 0 saturated carbocycles. The number of nitriles is 1. The number of amides is 1. The molecule has 1 aromatic rings. The molecule has 8 nitrogen and oxygen atoms in total. The van der Waals surface area contributed by atoms with Crippen LogP contribution in [0.25, 0.3) is 0 Å². The predicted octanol–water partition coefficient (Wildman–Crippen LogP) is 0.330. The number of guanidine groups is 1. The Hall–Kier alpha value is -2.57. The van der Waals surface area contributed by atoms with Gasteiger partial charge in [0, 0.05) is 44.6 Å². The molecule has 2 unspecified atom stereocenters. The molecule has 0 aliphatic carbocycles. The molecule has 0 aliphatic rings. The van der Waals surface area contributed by atoms with E-state index in [9.17, 15) is 4.79 Å². The Kier molecular flexibility index (Phi) is 13.8. The summed E-state index contributed by atoms with van der Waals surface area (Å²) in [5, 5.41) is 18.3. The van der Waals surface area contributed by atoms with Crippen LogP contribution in [0.1, 0.15) is 31.7 Å². The number of aryl methyl sites for hydroxylation is 1. The minimum absolute atomic E-state index is 0.0397. The number of nitrogens with zero attached hydrogens (tertiary/aromatic N) is 2. The van der Waals surface area contributed by atoms with Gasteiger partial charge in [-0.2, -0.15) is 0 Å². The zero-order chi connectivity index (χ0) is 22.0. The minimum atomic E-state index is -0.443. The Balaban J connectivity index is 2.44. The van der Waals surface area contributed by atoms with E-state index in [0.717, 1.165) is 12.8 Å². The smallest absolute Gasteiger partial charge is 0.267 e. The third-order valence-corrected chi connectivity index (χ3v) is 4.53. The molecule has 0 aliphatic heterocycles. The molecular weight excluding hydrogens is 377 g/mol. The van der Waals surface area contributed by atoms with Crippen LogP contribution < -0.4 is 27.4 Å². The van der Waals surface area contributed by atoms with Gasteiger partial charge < -0.3 is 27.4 Å². The van der Waals surface area contributed by atoms with Crippen LogP contribution in [0.5, 0.6) is 0 Å². The van der Waals surface area contributed by atoms with Gasteiger partial charge in [0.25, 0.3) is 7.28 Å². The van der Waals surface area contributed by atoms with Crippen molar-refractivity contribution in [2.75, 3.05) is 32.7 Å². The van der Waals surface area contributed by atoms with Gasteiger partial charge in [0.15, 0.2) is 5.96 Å². The van der Waals surface area contributed by atoms with Gasteiger partial charge in [-0.25, -0.2) is 5.26 Å². The van der Waals surface area contributed by atoms with E-state index in [0.29, 0.717) is 51.5 Å². The summed E-state index contributed by atoms with van der Waals surface area (Å²) >= 11 is 0. The van der Waals surface area contributed by atoms with Crippen LogP contribution in [0, 0.1) is 11.2 Å². The van der Waals surface area contributed by atoms with Crippen LogP contribution in [0.4, 0.5) is 0 Å². The third-order valence-electron chi connectivity index (χ3n) is 4.53. The Morgan fingerprint density at radius 1 is 1.17 bits per heavy atom. The molecule has 0 fully saturated rings. The SMILES string of the molecule is CC(CCc1ccccc1)NC(=O)C([B]C#N)CCCN=C(NCCN)NCCN. The number of benzene rings is 1. The standard InChI is InChI=1S/C21H35BN7O/c1-17(9-10-18-6-3-2-4-7-18)29-20(30)19(22-16-25)8-5-13-26-21(27-14-11-23)28-15-12-24/h2-4,6-7,17,19H,5,8-15,23-24H2,1H3,(H,29,30)(H2,26,27,28). The molecule has 0 aromatic heterocycles. The van der Waals surface area contributed by atoms with Crippen molar-refractivity contribution in [1.29, 1.82) is 5.26 Å². The highest BCUT2D eigenvalue weighted by atomic mass is 16.1. The molecule has 2 atom stereocenters. The molecule has 9 heteroatoms. The van der Waals surface area contributed by atoms with E-state index in [1.54, 1.807) is 0 Å². The van der Waals surface area contributed by atoms with Crippen molar-refractivity contribution in [2.24, 2.45) is 16.5 Å². The average Bonchev–Trinajstić information content (AvgIpc) is 2.76. The number of aliphatic imine (C=N–C) groups is 1. The maximum atomic E-state index is 12.6. The molecular formula is C21H35BN7O. The topological polar surface area (TPSA) is 141 Å². The number of carbonyl (C=O) groups is 1. The van der Waals surface area contributed by atoms with Crippen LogP contribution in [0.2, 0.25) is 5.82 Å². The van der Waals surface area contributed by atoms with Crippen molar-refractivity contribution in [3.05, 3.63) is 35.9 Å². The summed E-state index contributed by atoms with van der Waals surface area (Å²) in [6.45, 7) is 4.77. The molecule has 0 spiro atoms. The Morgan fingerprint density at radius 3 is 2.43 bits per heavy atom. The monoisotopic (exact) mass is 412 g/mol. The highest BCUT2D eigenvalue weighted by Gasteiger charge is 2.21. The van der Waals surface area contributed by atoms with Crippen molar-refractivity contribution < 1.29 is 4.79 Å². The van der Waals surface area contributed by atoms with E-state index < -0.39 is 5.82 Å². The zero-order valence-corrected chi connectivity index (χ0v) is 17.9. The summed E-state index contributed by atoms with van der Waals surface area (Å²) in [6.07, 6.45) is 3.00. The summed E-state index contributed by atoms with van der Waals surface area (Å²) in [6, 6.07) is 10.2. The number of nitrogens with two attached hydrogens (primary N) is 2. The van der Waals surface area contributed by atoms with Crippen LogP contribution in [-0.2, 0) is 11.2 Å². The number of hydrogen-bond donors (Lipinski definition) is 5. The summed E-state index contributed by atoms with van der Waals surface area (Å²) in [7, 11) is 1.41. The Morgan fingerprint density at radius 2 is 1.83 bits per heavy atom. The maximum absolute atomic E-state index is 12.6. The highest BCUT2D eigenvalue weighted by Crippen LogP contribution is 2.14. The molecule has 0 saturated heterocycles. The first-order valence-corrected chi connectivity index (χ1v) is 10.6. The van der Waals surface area contributed by atoms with Crippen LogP contribution in [-0.4, -0.2) is 57.9 Å². The van der Waals surface area contributed by atoms with Gasteiger partial charge in [0.1, 0.15) is 0 Å². The van der Waals surface area contributed by atoms with Crippen LogP contribution in [0.15, 0.2) is 35.3 Å². The van der Waals surface area contributed by atoms with Gasteiger partial charge in [-0.15, -0.1) is 0 Å². The van der Waals surface area contributed by atoms with Gasteiger partial charge in [0.2, 0.25) is 5.91 Å². The first kappa shape index (κ1) is 25.5. The summed E-state index contributed by atoms with van der Waals surface area (Å²) in [5.74, 6) is 2.12. The lowest BCUT2D eigenvalue weighted by Gasteiger charge is -2.18. The summed E-state index contributed by atoms with van der Waals surface area (Å²) in [5.41, 5.74) is 12.3. The lowest BCUT2D eigenvalue weighted by atomic mass is 9.63. The predicted molar refractivity (Wildman–Crippen MR) is 123 cm³/mol. The molecule has 1 radical (unpaired) electrons. The van der Waals surface area contributed by atoms with Crippen LogP contribution >= 0.6 is 0 Å². The van der Waals surface area contributed by atoms with E-state index >= 15 is 0 Å². The highest BCUT2D eigenvalue weighted by molar-refractivity contribution is 6.52. The number of hydrogen-bond acceptors (Lipinski definition) is 5.